The number of halogens is 1. The summed E-state index contributed by atoms with van der Waals surface area (Å²) in [5, 5.41) is 5.25. The Morgan fingerprint density at radius 3 is 2.47 bits per heavy atom. The molecule has 0 aliphatic carbocycles. The normalized spacial score (nSPS) is 19.3. The van der Waals surface area contributed by atoms with Gasteiger partial charge in [0.1, 0.15) is 6.04 Å². The topological polar surface area (TPSA) is 75.4 Å². The van der Waals surface area contributed by atoms with E-state index in [-0.39, 0.29) is 48.0 Å². The predicted octanol–water partition coefficient (Wildman–Crippen LogP) is 3.53. The molecular weight excluding hydrogens is 398 g/mol. The summed E-state index contributed by atoms with van der Waals surface area (Å²) in [7, 11) is 0. The number of carbonyl (C=O) groups excluding carboxylic acids is 2. The van der Waals surface area contributed by atoms with Gasteiger partial charge in [0, 0.05) is 19.1 Å². The van der Waals surface area contributed by atoms with Crippen molar-refractivity contribution in [2.45, 2.75) is 52.6 Å². The third kappa shape index (κ3) is 5.52. The Morgan fingerprint density at radius 1 is 1.17 bits per heavy atom. The van der Waals surface area contributed by atoms with Crippen LogP contribution in [0.2, 0.25) is 0 Å². The molecule has 2 atom stereocenters. The van der Waals surface area contributed by atoms with Gasteiger partial charge < -0.3 is 16.0 Å². The molecule has 0 saturated carbocycles. The molecule has 1 aliphatic rings. The maximum Gasteiger partial charge on any atom is 0.245 e. The van der Waals surface area contributed by atoms with Crippen LogP contribution in [0.5, 0.6) is 0 Å². The first-order valence-corrected chi connectivity index (χ1v) is 10.5. The average molecular weight is 432 g/mol. The lowest BCUT2D eigenvalue weighted by Gasteiger charge is -2.44. The van der Waals surface area contributed by atoms with E-state index >= 15 is 0 Å². The van der Waals surface area contributed by atoms with Crippen molar-refractivity contribution in [3.05, 3.63) is 48.0 Å². The maximum absolute atomic E-state index is 13.2. The first-order valence-electron chi connectivity index (χ1n) is 10.5. The number of fused-ring (bicyclic) bond motifs is 1. The van der Waals surface area contributed by atoms with Crippen LogP contribution in [0.15, 0.2) is 42.5 Å². The van der Waals surface area contributed by atoms with E-state index in [1.807, 2.05) is 55.1 Å². The number of nitrogens with zero attached hydrogens (tertiary/aromatic N) is 1. The standard InChI is InChI=1S/C24H33N3O2.ClH/c1-16(2)22(23(29)27-12-11-20(25)24(3,4)15-27)26-21(28)14-17-9-10-18-7-5-6-8-19(18)13-17;/h5-10,13,16,20,22H,11-12,14-15,25H2,1-4H3,(H,26,28);1H. The van der Waals surface area contributed by atoms with Crippen LogP contribution in [0.1, 0.15) is 39.7 Å². The quantitative estimate of drug-likeness (QED) is 0.760. The number of nitrogens with two attached hydrogens (primary N) is 1. The molecule has 0 bridgehead atoms. The monoisotopic (exact) mass is 431 g/mol. The second kappa shape index (κ2) is 9.80. The number of hydrogen-bond donors (Lipinski definition) is 2. The van der Waals surface area contributed by atoms with Gasteiger partial charge in [0.2, 0.25) is 11.8 Å². The third-order valence-corrected chi connectivity index (χ3v) is 6.05. The Labute approximate surface area is 185 Å². The molecule has 1 aliphatic heterocycles. The lowest BCUT2D eigenvalue weighted by Crippen LogP contribution is -2.59. The number of hydrogen-bond acceptors (Lipinski definition) is 3. The summed E-state index contributed by atoms with van der Waals surface area (Å²) in [6, 6.07) is 13.7. The first kappa shape index (κ1) is 24.2. The summed E-state index contributed by atoms with van der Waals surface area (Å²) >= 11 is 0. The largest absolute Gasteiger partial charge is 0.344 e. The smallest absolute Gasteiger partial charge is 0.245 e. The Bertz CT molecular complexity index is 897. The van der Waals surface area contributed by atoms with Crippen LogP contribution < -0.4 is 11.1 Å². The minimum absolute atomic E-state index is 0. The number of benzene rings is 2. The molecule has 2 unspecified atom stereocenters. The fourth-order valence-electron chi connectivity index (χ4n) is 4.03. The van der Waals surface area contributed by atoms with E-state index in [0.717, 1.165) is 22.8 Å². The van der Waals surface area contributed by atoms with Crippen LogP contribution in [0.3, 0.4) is 0 Å². The van der Waals surface area contributed by atoms with E-state index in [9.17, 15) is 9.59 Å². The molecule has 2 amide bonds. The highest BCUT2D eigenvalue weighted by molar-refractivity contribution is 5.90. The fourth-order valence-corrected chi connectivity index (χ4v) is 4.03. The van der Waals surface area contributed by atoms with Crippen molar-refractivity contribution in [2.24, 2.45) is 17.1 Å². The molecule has 5 nitrogen and oxygen atoms in total. The number of nitrogens with one attached hydrogen (secondary N) is 1. The van der Waals surface area contributed by atoms with E-state index in [1.54, 1.807) is 0 Å². The van der Waals surface area contributed by atoms with E-state index in [0.29, 0.717) is 13.1 Å². The van der Waals surface area contributed by atoms with Crippen molar-refractivity contribution in [2.75, 3.05) is 13.1 Å². The maximum atomic E-state index is 13.2. The molecule has 1 saturated heterocycles. The number of amides is 2. The molecular formula is C24H34ClN3O2. The first-order chi connectivity index (χ1) is 13.7. The Kier molecular flexibility index (Phi) is 7.89. The van der Waals surface area contributed by atoms with Gasteiger partial charge in [-0.3, -0.25) is 9.59 Å². The van der Waals surface area contributed by atoms with Crippen LogP contribution in [0.4, 0.5) is 0 Å². The molecule has 1 heterocycles. The molecule has 164 valence electrons. The van der Waals surface area contributed by atoms with Crippen molar-refractivity contribution in [3.63, 3.8) is 0 Å². The van der Waals surface area contributed by atoms with Crippen LogP contribution in [0.25, 0.3) is 10.8 Å². The summed E-state index contributed by atoms with van der Waals surface area (Å²) in [4.78, 5) is 27.8. The van der Waals surface area contributed by atoms with Gasteiger partial charge in [-0.2, -0.15) is 0 Å². The van der Waals surface area contributed by atoms with E-state index in [4.69, 9.17) is 5.73 Å². The predicted molar refractivity (Wildman–Crippen MR) is 125 cm³/mol. The lowest BCUT2D eigenvalue weighted by molar-refractivity contribution is -0.140. The van der Waals surface area contributed by atoms with Gasteiger partial charge in [-0.25, -0.2) is 0 Å². The highest BCUT2D eigenvalue weighted by atomic mass is 35.5. The zero-order chi connectivity index (χ0) is 21.2. The number of rotatable bonds is 5. The zero-order valence-electron chi connectivity index (χ0n) is 18.4. The van der Waals surface area contributed by atoms with Gasteiger partial charge in [-0.05, 0) is 34.1 Å². The Morgan fingerprint density at radius 2 is 1.83 bits per heavy atom. The number of likely N-dealkylation sites (tertiary alicyclic amines) is 1. The summed E-state index contributed by atoms with van der Waals surface area (Å²) < 4.78 is 0. The minimum Gasteiger partial charge on any atom is -0.344 e. The summed E-state index contributed by atoms with van der Waals surface area (Å²) in [5.41, 5.74) is 7.03. The molecule has 3 rings (SSSR count). The summed E-state index contributed by atoms with van der Waals surface area (Å²) in [6.07, 6.45) is 1.05. The molecule has 0 spiro atoms. The summed E-state index contributed by atoms with van der Waals surface area (Å²) in [6.45, 7) is 9.41. The molecule has 30 heavy (non-hydrogen) atoms. The van der Waals surface area contributed by atoms with Gasteiger partial charge in [0.15, 0.2) is 0 Å². The van der Waals surface area contributed by atoms with Crippen molar-refractivity contribution < 1.29 is 9.59 Å². The molecule has 2 aromatic rings. The highest BCUT2D eigenvalue weighted by Gasteiger charge is 2.38. The van der Waals surface area contributed by atoms with Crippen LogP contribution in [-0.2, 0) is 16.0 Å². The van der Waals surface area contributed by atoms with E-state index < -0.39 is 6.04 Å². The fraction of sp³-hybridized carbons (Fsp3) is 0.500. The SMILES string of the molecule is CC(C)C(NC(=O)Cc1ccc2ccccc2c1)C(=O)N1CCC(N)C(C)(C)C1.Cl. The van der Waals surface area contributed by atoms with Gasteiger partial charge in [0.25, 0.3) is 0 Å². The van der Waals surface area contributed by atoms with E-state index in [1.165, 1.54) is 0 Å². The van der Waals surface area contributed by atoms with Crippen molar-refractivity contribution in [1.29, 1.82) is 0 Å². The second-order valence-electron chi connectivity index (χ2n) is 9.29. The van der Waals surface area contributed by atoms with E-state index in [2.05, 4.69) is 25.2 Å². The lowest BCUT2D eigenvalue weighted by atomic mass is 9.79. The number of carbonyl (C=O) groups is 2. The van der Waals surface area contributed by atoms with Crippen LogP contribution in [0, 0.1) is 11.3 Å². The second-order valence-corrected chi connectivity index (χ2v) is 9.29. The molecule has 0 radical (unpaired) electrons. The van der Waals surface area contributed by atoms with Gasteiger partial charge in [-0.1, -0.05) is 70.2 Å². The molecule has 3 N–H and O–H groups in total. The van der Waals surface area contributed by atoms with Crippen LogP contribution >= 0.6 is 12.4 Å². The van der Waals surface area contributed by atoms with Gasteiger partial charge >= 0.3 is 0 Å². The van der Waals surface area contributed by atoms with Crippen LogP contribution in [-0.4, -0.2) is 41.9 Å². The third-order valence-electron chi connectivity index (χ3n) is 6.05. The Balaban J connectivity index is 0.00000320. The Hall–Kier alpha value is -2.11. The molecule has 1 fully saturated rings. The van der Waals surface area contributed by atoms with Crippen molar-refractivity contribution >= 4 is 35.0 Å². The van der Waals surface area contributed by atoms with Crippen molar-refractivity contribution in [1.82, 2.24) is 10.2 Å². The van der Waals surface area contributed by atoms with Gasteiger partial charge in [0.05, 0.1) is 6.42 Å². The summed E-state index contributed by atoms with van der Waals surface area (Å²) in [5.74, 6) is -0.117. The van der Waals surface area contributed by atoms with Crippen molar-refractivity contribution in [3.8, 4) is 0 Å². The molecule has 0 aromatic heterocycles. The zero-order valence-corrected chi connectivity index (χ0v) is 19.2. The number of piperidine rings is 1. The highest BCUT2D eigenvalue weighted by Crippen LogP contribution is 2.28. The molecule has 2 aromatic carbocycles. The molecule has 6 heteroatoms. The minimum atomic E-state index is -0.520. The van der Waals surface area contributed by atoms with Gasteiger partial charge in [-0.15, -0.1) is 12.4 Å². The average Bonchev–Trinajstić information content (AvgIpc) is 2.67.